The summed E-state index contributed by atoms with van der Waals surface area (Å²) in [4.78, 5) is 35.5. The summed E-state index contributed by atoms with van der Waals surface area (Å²) < 4.78 is 11.0. The molecule has 1 fully saturated rings. The van der Waals surface area contributed by atoms with Crippen LogP contribution < -0.4 is 0 Å². The van der Waals surface area contributed by atoms with Crippen molar-refractivity contribution in [2.75, 3.05) is 6.61 Å². The van der Waals surface area contributed by atoms with Gasteiger partial charge in [-0.05, 0) is 30.1 Å². The number of rotatable bonds is 4. The van der Waals surface area contributed by atoms with Crippen molar-refractivity contribution in [3.8, 4) is 0 Å². The van der Waals surface area contributed by atoms with E-state index in [4.69, 9.17) is 9.47 Å². The Morgan fingerprint density at radius 3 is 2.84 bits per heavy atom. The van der Waals surface area contributed by atoms with Gasteiger partial charge in [-0.25, -0.2) is 4.79 Å². The third-order valence-electron chi connectivity index (χ3n) is 4.46. The molecule has 136 valence electrons. The molecule has 6 heteroatoms. The maximum absolute atomic E-state index is 12.1. The Balaban J connectivity index is 2.43. The Bertz CT molecular complexity index is 628. The zero-order valence-electron chi connectivity index (χ0n) is 14.6. The number of carbonyl (C=O) groups excluding carboxylic acids is 3. The molecule has 3 atom stereocenters. The van der Waals surface area contributed by atoms with E-state index in [9.17, 15) is 19.5 Å². The number of hydrogen-bond acceptors (Lipinski definition) is 6. The molecule has 2 rings (SSSR count). The highest BCUT2D eigenvalue weighted by Crippen LogP contribution is 2.36. The van der Waals surface area contributed by atoms with Gasteiger partial charge in [0.1, 0.15) is 18.5 Å². The van der Waals surface area contributed by atoms with E-state index in [2.05, 4.69) is 6.58 Å². The second-order valence-corrected chi connectivity index (χ2v) is 6.67. The van der Waals surface area contributed by atoms with Gasteiger partial charge in [0.25, 0.3) is 0 Å². The maximum atomic E-state index is 12.1. The van der Waals surface area contributed by atoms with Gasteiger partial charge in [0.15, 0.2) is 0 Å². The highest BCUT2D eigenvalue weighted by Gasteiger charge is 2.44. The Morgan fingerprint density at radius 1 is 1.52 bits per heavy atom. The number of carbonyl (C=O) groups is 3. The molecular weight excluding hydrogens is 324 g/mol. The van der Waals surface area contributed by atoms with Crippen LogP contribution in [0.2, 0.25) is 0 Å². The summed E-state index contributed by atoms with van der Waals surface area (Å²) in [5.74, 6) is -1.89. The number of allylic oxidation sites excluding steroid dienone is 1. The van der Waals surface area contributed by atoms with Crippen LogP contribution in [0.3, 0.4) is 0 Å². The molecule has 0 saturated carbocycles. The molecule has 0 bridgehead atoms. The van der Waals surface area contributed by atoms with Gasteiger partial charge < -0.3 is 14.6 Å². The number of hydrogen-bond donors (Lipinski definition) is 1. The predicted octanol–water partition coefficient (Wildman–Crippen LogP) is 1.88. The third-order valence-corrected chi connectivity index (χ3v) is 4.46. The van der Waals surface area contributed by atoms with Crippen LogP contribution in [0.4, 0.5) is 0 Å². The number of aliphatic hydroxyl groups is 1. The average molecular weight is 348 g/mol. The number of fused-ring (bicyclic) bond motifs is 1. The third kappa shape index (κ3) is 4.45. The second kappa shape index (κ2) is 8.25. The molecule has 0 aromatic carbocycles. The summed E-state index contributed by atoms with van der Waals surface area (Å²) in [6.45, 7) is 7.04. The molecule has 1 heterocycles. The predicted molar refractivity (Wildman–Crippen MR) is 90.4 cm³/mol. The van der Waals surface area contributed by atoms with E-state index in [0.717, 1.165) is 6.29 Å². The molecule has 25 heavy (non-hydrogen) atoms. The van der Waals surface area contributed by atoms with Gasteiger partial charge in [0.05, 0.1) is 18.4 Å². The smallest absolute Gasteiger partial charge is 0.334 e. The van der Waals surface area contributed by atoms with E-state index in [0.29, 0.717) is 24.0 Å². The lowest BCUT2D eigenvalue weighted by Gasteiger charge is -2.27. The van der Waals surface area contributed by atoms with Gasteiger partial charge in [-0.1, -0.05) is 26.5 Å². The Morgan fingerprint density at radius 2 is 2.24 bits per heavy atom. The zero-order valence-corrected chi connectivity index (χ0v) is 14.6. The fourth-order valence-corrected chi connectivity index (χ4v) is 3.01. The first-order chi connectivity index (χ1) is 11.9. The quantitative estimate of drug-likeness (QED) is 0.361. The molecule has 0 radical (unpaired) electrons. The highest BCUT2D eigenvalue weighted by molar-refractivity contribution is 5.91. The fourth-order valence-electron chi connectivity index (χ4n) is 3.01. The summed E-state index contributed by atoms with van der Waals surface area (Å²) in [6, 6.07) is 0. The molecule has 0 spiro atoms. The molecule has 0 unspecified atom stereocenters. The van der Waals surface area contributed by atoms with Gasteiger partial charge in [-0.15, -0.1) is 0 Å². The molecule has 6 nitrogen and oxygen atoms in total. The molecule has 2 aliphatic rings. The zero-order chi connectivity index (χ0) is 18.6. The lowest BCUT2D eigenvalue weighted by Crippen LogP contribution is -2.34. The SMILES string of the molecule is C=C1C(=O)O[C@@H]2/C=C(/CO)CC/C=C(/C=O)C[C@@H](OC(=O)C(C)C)[C@@H]12. The number of ether oxygens (including phenoxy) is 2. The van der Waals surface area contributed by atoms with Gasteiger partial charge in [-0.2, -0.15) is 0 Å². The Kier molecular flexibility index (Phi) is 6.31. The van der Waals surface area contributed by atoms with Crippen LogP contribution in [0.15, 0.2) is 35.5 Å². The first kappa shape index (κ1) is 19.1. The van der Waals surface area contributed by atoms with Crippen LogP contribution in [0.5, 0.6) is 0 Å². The number of esters is 2. The van der Waals surface area contributed by atoms with E-state index in [1.165, 1.54) is 0 Å². The van der Waals surface area contributed by atoms with Gasteiger partial charge in [0, 0.05) is 12.0 Å². The first-order valence-corrected chi connectivity index (χ1v) is 8.42. The number of aldehydes is 1. The van der Waals surface area contributed by atoms with E-state index in [1.807, 2.05) is 0 Å². The lowest BCUT2D eigenvalue weighted by molar-refractivity contribution is -0.155. The molecular formula is C19H24O6. The standard InChI is InChI=1S/C19H24O6/c1-11(2)18(22)24-15-7-13(9-20)5-4-6-14(10-21)8-16-17(15)12(3)19(23)25-16/h5,8-9,11,15-17,21H,3-4,6-7,10H2,1-2H3/b13-5+,14-8+/t15-,16-,17-/m1/s1. The molecule has 0 aromatic heterocycles. The van der Waals surface area contributed by atoms with E-state index in [-0.39, 0.29) is 24.5 Å². The average Bonchev–Trinajstić information content (AvgIpc) is 2.85. The molecule has 0 amide bonds. The van der Waals surface area contributed by atoms with Crippen LogP contribution in [0.1, 0.15) is 33.1 Å². The highest BCUT2D eigenvalue weighted by atomic mass is 16.6. The van der Waals surface area contributed by atoms with Crippen molar-refractivity contribution in [3.63, 3.8) is 0 Å². The number of aliphatic hydroxyl groups excluding tert-OH is 1. The molecule has 1 aliphatic heterocycles. The van der Waals surface area contributed by atoms with Crippen molar-refractivity contribution >= 4 is 18.2 Å². The normalized spacial score (nSPS) is 31.3. The van der Waals surface area contributed by atoms with Crippen molar-refractivity contribution in [1.29, 1.82) is 0 Å². The largest absolute Gasteiger partial charge is 0.461 e. The Labute approximate surface area is 147 Å². The van der Waals surface area contributed by atoms with Gasteiger partial charge >= 0.3 is 11.9 Å². The van der Waals surface area contributed by atoms with Crippen LogP contribution in [0.25, 0.3) is 0 Å². The van der Waals surface area contributed by atoms with Crippen LogP contribution in [-0.2, 0) is 23.9 Å². The van der Waals surface area contributed by atoms with Crippen molar-refractivity contribution in [1.82, 2.24) is 0 Å². The minimum Gasteiger partial charge on any atom is -0.461 e. The van der Waals surface area contributed by atoms with E-state index < -0.39 is 30.1 Å². The van der Waals surface area contributed by atoms with Crippen molar-refractivity contribution < 1.29 is 29.0 Å². The van der Waals surface area contributed by atoms with Crippen LogP contribution in [-0.4, -0.2) is 42.1 Å². The van der Waals surface area contributed by atoms with Crippen molar-refractivity contribution in [2.24, 2.45) is 11.8 Å². The summed E-state index contributed by atoms with van der Waals surface area (Å²) >= 11 is 0. The summed E-state index contributed by atoms with van der Waals surface area (Å²) in [5, 5.41) is 9.52. The topological polar surface area (TPSA) is 89.9 Å². The van der Waals surface area contributed by atoms with Crippen LogP contribution in [0, 0.1) is 11.8 Å². The second-order valence-electron chi connectivity index (χ2n) is 6.67. The summed E-state index contributed by atoms with van der Waals surface area (Å²) in [6.07, 6.45) is 4.12. The van der Waals surface area contributed by atoms with E-state index >= 15 is 0 Å². The molecule has 1 N–H and O–H groups in total. The van der Waals surface area contributed by atoms with E-state index in [1.54, 1.807) is 26.0 Å². The monoisotopic (exact) mass is 348 g/mol. The molecule has 0 aromatic rings. The molecule has 1 aliphatic carbocycles. The minimum absolute atomic E-state index is 0.173. The summed E-state index contributed by atoms with van der Waals surface area (Å²) in [5.41, 5.74) is 1.41. The minimum atomic E-state index is -0.732. The first-order valence-electron chi connectivity index (χ1n) is 8.42. The van der Waals surface area contributed by atoms with Crippen molar-refractivity contribution in [3.05, 3.63) is 35.5 Å². The maximum Gasteiger partial charge on any atom is 0.334 e. The van der Waals surface area contributed by atoms with Gasteiger partial charge in [0.2, 0.25) is 0 Å². The fraction of sp³-hybridized carbons (Fsp3) is 0.526. The van der Waals surface area contributed by atoms with Gasteiger partial charge in [-0.3, -0.25) is 9.59 Å². The molecule has 1 saturated heterocycles. The lowest BCUT2D eigenvalue weighted by atomic mass is 9.85. The van der Waals surface area contributed by atoms with Crippen LogP contribution >= 0.6 is 0 Å². The summed E-state index contributed by atoms with van der Waals surface area (Å²) in [7, 11) is 0. The van der Waals surface area contributed by atoms with Crippen molar-refractivity contribution in [2.45, 2.75) is 45.3 Å². The Hall–Kier alpha value is -2.21.